The molecule has 0 saturated carbocycles. The molecule has 0 bridgehead atoms. The standard InChI is InChI=1S/C16H19N7OS/c1-10-8-11(2)23(22-10)14-5-4-13(20-21-14)17-6-7-18-16(24)15-12(3)19-9-25-15/h4-5,8-9H,6-7H2,1-3H3,(H,17,20)(H,18,24). The largest absolute Gasteiger partial charge is 0.367 e. The zero-order chi connectivity index (χ0) is 17.8. The van der Waals surface area contributed by atoms with Crippen LogP contribution in [0.25, 0.3) is 5.82 Å². The van der Waals surface area contributed by atoms with Gasteiger partial charge in [0, 0.05) is 18.8 Å². The number of aryl methyl sites for hydroxylation is 3. The van der Waals surface area contributed by atoms with Crippen molar-refractivity contribution < 1.29 is 4.79 Å². The molecule has 3 aromatic rings. The number of nitrogens with one attached hydrogen (secondary N) is 2. The second-order valence-electron chi connectivity index (χ2n) is 5.57. The summed E-state index contributed by atoms with van der Waals surface area (Å²) in [5.74, 6) is 1.21. The van der Waals surface area contributed by atoms with E-state index in [1.165, 1.54) is 11.3 Å². The number of rotatable bonds is 6. The van der Waals surface area contributed by atoms with Crippen molar-refractivity contribution in [1.29, 1.82) is 0 Å². The van der Waals surface area contributed by atoms with Crippen LogP contribution in [0.5, 0.6) is 0 Å². The van der Waals surface area contributed by atoms with Crippen LogP contribution in [0.15, 0.2) is 23.7 Å². The van der Waals surface area contributed by atoms with Gasteiger partial charge in [0.25, 0.3) is 5.91 Å². The van der Waals surface area contributed by atoms with E-state index in [0.29, 0.717) is 29.6 Å². The summed E-state index contributed by atoms with van der Waals surface area (Å²) in [4.78, 5) is 16.7. The molecule has 8 nitrogen and oxygen atoms in total. The van der Waals surface area contributed by atoms with Crippen molar-refractivity contribution in [3.05, 3.63) is 45.7 Å². The zero-order valence-corrected chi connectivity index (χ0v) is 15.1. The third-order valence-corrected chi connectivity index (χ3v) is 4.47. The van der Waals surface area contributed by atoms with E-state index < -0.39 is 0 Å². The van der Waals surface area contributed by atoms with Crippen LogP contribution in [0.2, 0.25) is 0 Å². The normalized spacial score (nSPS) is 10.7. The van der Waals surface area contributed by atoms with E-state index in [9.17, 15) is 4.79 Å². The molecule has 0 aliphatic rings. The Labute approximate surface area is 149 Å². The zero-order valence-electron chi connectivity index (χ0n) is 14.3. The predicted molar refractivity (Wildman–Crippen MR) is 96.3 cm³/mol. The van der Waals surface area contributed by atoms with Crippen molar-refractivity contribution in [2.75, 3.05) is 18.4 Å². The maximum absolute atomic E-state index is 12.0. The Hall–Kier alpha value is -2.81. The Bertz CT molecular complexity index is 869. The van der Waals surface area contributed by atoms with E-state index >= 15 is 0 Å². The fourth-order valence-electron chi connectivity index (χ4n) is 2.36. The first-order valence-electron chi connectivity index (χ1n) is 7.84. The van der Waals surface area contributed by atoms with Crippen LogP contribution in [-0.2, 0) is 0 Å². The monoisotopic (exact) mass is 357 g/mol. The number of amides is 1. The Morgan fingerprint density at radius 3 is 2.64 bits per heavy atom. The summed E-state index contributed by atoms with van der Waals surface area (Å²) in [6.45, 7) is 6.77. The van der Waals surface area contributed by atoms with Gasteiger partial charge in [-0.1, -0.05) is 0 Å². The summed E-state index contributed by atoms with van der Waals surface area (Å²) in [6.07, 6.45) is 0. The number of thiazole rings is 1. The quantitative estimate of drug-likeness (QED) is 0.654. The van der Waals surface area contributed by atoms with Gasteiger partial charge in [0.05, 0.1) is 16.9 Å². The van der Waals surface area contributed by atoms with E-state index in [0.717, 1.165) is 17.1 Å². The molecule has 9 heteroatoms. The molecule has 130 valence electrons. The Morgan fingerprint density at radius 1 is 1.20 bits per heavy atom. The lowest BCUT2D eigenvalue weighted by molar-refractivity contribution is 0.0958. The molecule has 0 unspecified atom stereocenters. The maximum Gasteiger partial charge on any atom is 0.263 e. The molecule has 1 amide bonds. The highest BCUT2D eigenvalue weighted by molar-refractivity contribution is 7.11. The molecule has 3 aromatic heterocycles. The van der Waals surface area contributed by atoms with Gasteiger partial charge in [0.1, 0.15) is 10.7 Å². The van der Waals surface area contributed by atoms with E-state index in [4.69, 9.17) is 0 Å². The molecule has 0 radical (unpaired) electrons. The number of aromatic nitrogens is 5. The van der Waals surface area contributed by atoms with Gasteiger partial charge >= 0.3 is 0 Å². The van der Waals surface area contributed by atoms with E-state index in [-0.39, 0.29) is 5.91 Å². The molecule has 0 saturated heterocycles. The number of nitrogens with zero attached hydrogens (tertiary/aromatic N) is 5. The fraction of sp³-hybridized carbons (Fsp3) is 0.312. The molecule has 0 atom stereocenters. The van der Waals surface area contributed by atoms with Crippen LogP contribution in [0.4, 0.5) is 5.82 Å². The molecule has 2 N–H and O–H groups in total. The molecule has 0 aliphatic heterocycles. The van der Waals surface area contributed by atoms with Gasteiger partial charge in [-0.3, -0.25) is 4.79 Å². The first kappa shape index (κ1) is 17.0. The lowest BCUT2D eigenvalue weighted by Gasteiger charge is -2.07. The van der Waals surface area contributed by atoms with Gasteiger partial charge in [0.15, 0.2) is 5.82 Å². The molecular weight excluding hydrogens is 338 g/mol. The van der Waals surface area contributed by atoms with Gasteiger partial charge < -0.3 is 10.6 Å². The van der Waals surface area contributed by atoms with Crippen LogP contribution in [0.1, 0.15) is 26.8 Å². The molecule has 0 spiro atoms. The molecule has 0 aromatic carbocycles. The van der Waals surface area contributed by atoms with Crippen LogP contribution >= 0.6 is 11.3 Å². The third-order valence-electron chi connectivity index (χ3n) is 3.55. The van der Waals surface area contributed by atoms with Crippen LogP contribution in [-0.4, -0.2) is 44.0 Å². The summed E-state index contributed by atoms with van der Waals surface area (Å²) in [6, 6.07) is 5.68. The summed E-state index contributed by atoms with van der Waals surface area (Å²) in [5.41, 5.74) is 4.37. The minimum absolute atomic E-state index is 0.104. The number of anilines is 1. The summed E-state index contributed by atoms with van der Waals surface area (Å²) >= 11 is 1.34. The Balaban J connectivity index is 1.50. The van der Waals surface area contributed by atoms with Gasteiger partial charge in [0.2, 0.25) is 0 Å². The molecule has 0 aliphatic carbocycles. The maximum atomic E-state index is 12.0. The first-order chi connectivity index (χ1) is 12.0. The average Bonchev–Trinajstić information content (AvgIpc) is 3.17. The molecule has 25 heavy (non-hydrogen) atoms. The van der Waals surface area contributed by atoms with E-state index in [1.807, 2.05) is 39.0 Å². The van der Waals surface area contributed by atoms with Crippen molar-refractivity contribution in [2.24, 2.45) is 0 Å². The lowest BCUT2D eigenvalue weighted by Crippen LogP contribution is -2.28. The Kier molecular flexibility index (Phi) is 5.03. The van der Waals surface area contributed by atoms with Gasteiger partial charge in [-0.05, 0) is 39.0 Å². The third kappa shape index (κ3) is 4.00. The van der Waals surface area contributed by atoms with Crippen LogP contribution < -0.4 is 10.6 Å². The average molecular weight is 357 g/mol. The highest BCUT2D eigenvalue weighted by atomic mass is 32.1. The SMILES string of the molecule is Cc1cc(C)n(-c2ccc(NCCNC(=O)c3scnc3C)nn2)n1. The molecule has 0 fully saturated rings. The van der Waals surface area contributed by atoms with Crippen molar-refractivity contribution in [1.82, 2.24) is 30.3 Å². The van der Waals surface area contributed by atoms with Crippen LogP contribution in [0, 0.1) is 20.8 Å². The summed E-state index contributed by atoms with van der Waals surface area (Å²) < 4.78 is 1.75. The topological polar surface area (TPSA) is 97.6 Å². The number of hydrogen-bond acceptors (Lipinski definition) is 7. The van der Waals surface area contributed by atoms with Crippen LogP contribution in [0.3, 0.4) is 0 Å². The van der Waals surface area contributed by atoms with E-state index in [2.05, 4.69) is 30.9 Å². The molecular formula is C16H19N7OS. The van der Waals surface area contributed by atoms with Crippen molar-refractivity contribution in [3.63, 3.8) is 0 Å². The van der Waals surface area contributed by atoms with Gasteiger partial charge in [-0.15, -0.1) is 21.5 Å². The predicted octanol–water partition coefficient (Wildman–Crippen LogP) is 1.89. The second-order valence-corrected chi connectivity index (χ2v) is 6.42. The summed E-state index contributed by atoms with van der Waals surface area (Å²) in [7, 11) is 0. The number of carbonyl (C=O) groups is 1. The van der Waals surface area contributed by atoms with Crippen molar-refractivity contribution in [3.8, 4) is 5.82 Å². The highest BCUT2D eigenvalue weighted by Gasteiger charge is 2.10. The number of hydrogen-bond donors (Lipinski definition) is 2. The number of carbonyl (C=O) groups excluding carboxylic acids is 1. The molecule has 3 heterocycles. The first-order valence-corrected chi connectivity index (χ1v) is 8.72. The smallest absolute Gasteiger partial charge is 0.263 e. The van der Waals surface area contributed by atoms with Gasteiger partial charge in [-0.25, -0.2) is 9.67 Å². The molecule has 3 rings (SSSR count). The minimum atomic E-state index is -0.104. The fourth-order valence-corrected chi connectivity index (χ4v) is 3.08. The highest BCUT2D eigenvalue weighted by Crippen LogP contribution is 2.12. The second kappa shape index (κ2) is 7.39. The van der Waals surface area contributed by atoms with Crippen molar-refractivity contribution >= 4 is 23.1 Å². The summed E-state index contributed by atoms with van der Waals surface area (Å²) in [5, 5.41) is 18.7. The van der Waals surface area contributed by atoms with Gasteiger partial charge in [-0.2, -0.15) is 5.10 Å². The lowest BCUT2D eigenvalue weighted by atomic mass is 10.4. The van der Waals surface area contributed by atoms with E-state index in [1.54, 1.807) is 10.2 Å². The minimum Gasteiger partial charge on any atom is -0.367 e. The Morgan fingerprint density at radius 2 is 2.04 bits per heavy atom. The van der Waals surface area contributed by atoms with Crippen molar-refractivity contribution in [2.45, 2.75) is 20.8 Å².